The van der Waals surface area contributed by atoms with Gasteiger partial charge in [-0.15, -0.1) is 0 Å². The normalized spacial score (nSPS) is 14.5. The third-order valence-corrected chi connectivity index (χ3v) is 6.81. The molecule has 5 rings (SSSR count). The fourth-order valence-electron chi connectivity index (χ4n) is 4.40. The molecule has 1 amide bonds. The van der Waals surface area contributed by atoms with E-state index < -0.39 is 6.04 Å². The van der Waals surface area contributed by atoms with Crippen LogP contribution in [0.5, 0.6) is 11.5 Å². The number of para-hydroxylation sites is 1. The Balaban J connectivity index is 1.54. The van der Waals surface area contributed by atoms with Crippen LogP contribution in [0.1, 0.15) is 36.6 Å². The second-order valence-electron chi connectivity index (χ2n) is 8.82. The molecular weight excluding hydrogens is 548 g/mol. The number of aryl methyl sites for hydroxylation is 1. The van der Waals surface area contributed by atoms with Gasteiger partial charge in [-0.3, -0.25) is 4.79 Å². The Morgan fingerprint density at radius 3 is 2.61 bits per heavy atom. The van der Waals surface area contributed by atoms with Crippen molar-refractivity contribution in [2.75, 3.05) is 17.2 Å². The van der Waals surface area contributed by atoms with Crippen molar-refractivity contribution in [3.8, 4) is 11.5 Å². The largest absolute Gasteiger partial charge is 0.490 e. The number of nitrogens with one attached hydrogen (secondary N) is 2. The number of hydrogen-bond acceptors (Lipinski definition) is 7. The molecule has 2 heterocycles. The average molecular weight is 575 g/mol. The highest BCUT2D eigenvalue weighted by atomic mass is 79.9. The molecule has 1 unspecified atom stereocenters. The van der Waals surface area contributed by atoms with Gasteiger partial charge in [0, 0.05) is 11.4 Å². The summed E-state index contributed by atoms with van der Waals surface area (Å²) in [7, 11) is 0. The third kappa shape index (κ3) is 5.12. The number of rotatable bonds is 8. The van der Waals surface area contributed by atoms with Gasteiger partial charge in [-0.25, -0.2) is 0 Å². The van der Waals surface area contributed by atoms with Crippen molar-refractivity contribution in [1.29, 1.82) is 0 Å². The number of aromatic nitrogens is 4. The molecule has 0 fully saturated rings. The van der Waals surface area contributed by atoms with Crippen molar-refractivity contribution in [3.05, 3.63) is 99.2 Å². The van der Waals surface area contributed by atoms with Crippen molar-refractivity contribution >= 4 is 33.5 Å². The molecule has 1 aliphatic rings. The Hall–Kier alpha value is -4.18. The van der Waals surface area contributed by atoms with Crippen LogP contribution < -0.4 is 20.1 Å². The number of halogens is 1. The molecule has 194 valence electrons. The van der Waals surface area contributed by atoms with Crippen LogP contribution in [0.2, 0.25) is 0 Å². The number of fused-ring (bicyclic) bond motifs is 1. The van der Waals surface area contributed by atoms with Gasteiger partial charge in [-0.2, -0.15) is 4.68 Å². The lowest BCUT2D eigenvalue weighted by atomic mass is 9.94. The predicted octanol–water partition coefficient (Wildman–Crippen LogP) is 5.65. The maximum Gasteiger partial charge on any atom is 0.255 e. The molecule has 0 spiro atoms. The summed E-state index contributed by atoms with van der Waals surface area (Å²) in [6, 6.07) is 20.8. The van der Waals surface area contributed by atoms with Gasteiger partial charge in [0.05, 0.1) is 16.7 Å². The summed E-state index contributed by atoms with van der Waals surface area (Å²) in [5.41, 5.74) is 4.64. The zero-order valence-corrected chi connectivity index (χ0v) is 22.8. The average Bonchev–Trinajstić information content (AvgIpc) is 3.37. The molecule has 0 aliphatic carbocycles. The topological polar surface area (TPSA) is 103 Å². The number of benzene rings is 3. The Morgan fingerprint density at radius 2 is 1.84 bits per heavy atom. The van der Waals surface area contributed by atoms with Gasteiger partial charge < -0.3 is 20.1 Å². The first-order valence-corrected chi connectivity index (χ1v) is 13.0. The highest BCUT2D eigenvalue weighted by Gasteiger charge is 2.35. The molecule has 2 N–H and O–H groups in total. The first-order chi connectivity index (χ1) is 18.5. The molecular formula is C28H27BrN6O3. The molecule has 1 atom stereocenters. The van der Waals surface area contributed by atoms with Crippen molar-refractivity contribution in [1.82, 2.24) is 20.2 Å². The van der Waals surface area contributed by atoms with E-state index in [2.05, 4.69) is 42.1 Å². The molecule has 38 heavy (non-hydrogen) atoms. The van der Waals surface area contributed by atoms with Gasteiger partial charge in [0.2, 0.25) is 5.95 Å². The Labute approximate surface area is 229 Å². The summed E-state index contributed by atoms with van der Waals surface area (Å²) < 4.78 is 14.5. The van der Waals surface area contributed by atoms with Crippen molar-refractivity contribution in [3.63, 3.8) is 0 Å². The number of nitrogens with zero attached hydrogens (tertiary/aromatic N) is 4. The van der Waals surface area contributed by atoms with E-state index in [-0.39, 0.29) is 5.91 Å². The quantitative estimate of drug-likeness (QED) is 0.280. The molecule has 3 aromatic carbocycles. The standard InChI is InChI=1S/C28H27BrN6O3/c1-4-37-23-15-20(14-21(29)26(23)38-16-19-11-6-5-7-12-19)25-24(18(3)30-28-32-33-34-35(25)28)27(36)31-22-13-9-8-10-17(22)2/h5-15,25H,4,16H2,1-3H3,(H,31,36)(H,30,32,34). The first-order valence-electron chi connectivity index (χ1n) is 12.2. The predicted molar refractivity (Wildman–Crippen MR) is 148 cm³/mol. The number of amides is 1. The molecule has 0 bridgehead atoms. The highest BCUT2D eigenvalue weighted by Crippen LogP contribution is 2.43. The van der Waals surface area contributed by atoms with E-state index in [9.17, 15) is 4.79 Å². The van der Waals surface area contributed by atoms with Gasteiger partial charge >= 0.3 is 0 Å². The second-order valence-corrected chi connectivity index (χ2v) is 9.67. The van der Waals surface area contributed by atoms with Crippen LogP contribution >= 0.6 is 15.9 Å². The van der Waals surface area contributed by atoms with Crippen LogP contribution in [-0.4, -0.2) is 32.7 Å². The van der Waals surface area contributed by atoms with Gasteiger partial charge in [0.15, 0.2) is 11.5 Å². The van der Waals surface area contributed by atoms with Crippen LogP contribution in [0, 0.1) is 6.92 Å². The Morgan fingerprint density at radius 1 is 1.08 bits per heavy atom. The van der Waals surface area contributed by atoms with E-state index in [1.165, 1.54) is 0 Å². The lowest BCUT2D eigenvalue weighted by Crippen LogP contribution is -2.31. The molecule has 0 saturated heterocycles. The van der Waals surface area contributed by atoms with E-state index in [1.807, 2.05) is 87.5 Å². The number of tetrazole rings is 1. The zero-order valence-electron chi connectivity index (χ0n) is 21.2. The summed E-state index contributed by atoms with van der Waals surface area (Å²) in [5.74, 6) is 1.32. The summed E-state index contributed by atoms with van der Waals surface area (Å²) in [4.78, 5) is 13.7. The second kappa shape index (κ2) is 11.1. The van der Waals surface area contributed by atoms with E-state index in [0.717, 1.165) is 22.4 Å². The number of hydrogen-bond donors (Lipinski definition) is 2. The number of ether oxygens (including phenoxy) is 2. The lowest BCUT2D eigenvalue weighted by molar-refractivity contribution is -0.113. The molecule has 0 saturated carbocycles. The van der Waals surface area contributed by atoms with Gasteiger partial charge in [0.25, 0.3) is 5.91 Å². The lowest BCUT2D eigenvalue weighted by Gasteiger charge is -2.29. The minimum atomic E-state index is -0.607. The smallest absolute Gasteiger partial charge is 0.255 e. The Bertz CT molecular complexity index is 1500. The van der Waals surface area contributed by atoms with Crippen molar-refractivity contribution < 1.29 is 14.3 Å². The van der Waals surface area contributed by atoms with Crippen LogP contribution in [0.15, 0.2) is 82.5 Å². The highest BCUT2D eigenvalue weighted by molar-refractivity contribution is 9.10. The summed E-state index contributed by atoms with van der Waals surface area (Å²) in [5, 5.41) is 18.3. The zero-order chi connectivity index (χ0) is 26.6. The van der Waals surface area contributed by atoms with E-state index in [4.69, 9.17) is 9.47 Å². The fraction of sp³-hybridized carbons (Fsp3) is 0.214. The maximum atomic E-state index is 13.7. The molecule has 1 aromatic heterocycles. The fourth-order valence-corrected chi connectivity index (χ4v) is 4.97. The molecule has 4 aromatic rings. The third-order valence-electron chi connectivity index (χ3n) is 6.23. The first kappa shape index (κ1) is 25.5. The number of carbonyl (C=O) groups is 1. The van der Waals surface area contributed by atoms with Crippen LogP contribution in [0.25, 0.3) is 0 Å². The molecule has 0 radical (unpaired) electrons. The van der Waals surface area contributed by atoms with Crippen LogP contribution in [-0.2, 0) is 11.4 Å². The Kier molecular flexibility index (Phi) is 7.41. The monoisotopic (exact) mass is 574 g/mol. The van der Waals surface area contributed by atoms with Gasteiger partial charge in [0.1, 0.15) is 12.6 Å². The van der Waals surface area contributed by atoms with E-state index >= 15 is 0 Å². The molecule has 9 nitrogen and oxygen atoms in total. The number of carbonyl (C=O) groups excluding carboxylic acids is 1. The molecule has 10 heteroatoms. The minimum Gasteiger partial charge on any atom is -0.490 e. The van der Waals surface area contributed by atoms with Gasteiger partial charge in [-0.05, 0) is 82.0 Å². The minimum absolute atomic E-state index is 0.256. The summed E-state index contributed by atoms with van der Waals surface area (Å²) in [6.07, 6.45) is 0. The van der Waals surface area contributed by atoms with Gasteiger partial charge in [-0.1, -0.05) is 53.6 Å². The van der Waals surface area contributed by atoms with E-state index in [1.54, 1.807) is 4.68 Å². The summed E-state index contributed by atoms with van der Waals surface area (Å²) >= 11 is 3.68. The SMILES string of the molecule is CCOc1cc(C2C(C(=O)Nc3ccccc3C)=C(C)Nc3nnnn32)cc(Br)c1OCc1ccccc1. The summed E-state index contributed by atoms with van der Waals surface area (Å²) in [6.45, 7) is 6.53. The van der Waals surface area contributed by atoms with Crippen LogP contribution in [0.3, 0.4) is 0 Å². The molecule has 1 aliphatic heterocycles. The van der Waals surface area contributed by atoms with Crippen molar-refractivity contribution in [2.24, 2.45) is 0 Å². The van der Waals surface area contributed by atoms with E-state index in [0.29, 0.717) is 46.4 Å². The number of allylic oxidation sites excluding steroid dienone is 1. The number of anilines is 2. The van der Waals surface area contributed by atoms with Crippen LogP contribution in [0.4, 0.5) is 11.6 Å². The maximum absolute atomic E-state index is 13.7. The van der Waals surface area contributed by atoms with Crippen molar-refractivity contribution in [2.45, 2.75) is 33.4 Å².